The number of carbonyl (C=O) groups is 1. The first-order valence-corrected chi connectivity index (χ1v) is 8.47. The van der Waals surface area contributed by atoms with E-state index in [1.807, 2.05) is 24.0 Å². The van der Waals surface area contributed by atoms with Gasteiger partial charge in [-0.3, -0.25) is 9.59 Å². The zero-order chi connectivity index (χ0) is 17.1. The Kier molecular flexibility index (Phi) is 4.94. The molecule has 128 valence electrons. The number of rotatable bonds is 4. The van der Waals surface area contributed by atoms with E-state index < -0.39 is 0 Å². The number of nitrogens with zero attached hydrogens (tertiary/aromatic N) is 3. The molecule has 0 aliphatic carbocycles. The van der Waals surface area contributed by atoms with E-state index in [0.717, 1.165) is 19.3 Å². The number of fused-ring (bicyclic) bond motifs is 1. The summed E-state index contributed by atoms with van der Waals surface area (Å²) in [5.41, 5.74) is 0.233. The number of ether oxygens (including phenoxy) is 1. The molecule has 0 saturated carbocycles. The van der Waals surface area contributed by atoms with Gasteiger partial charge in [-0.15, -0.1) is 0 Å². The molecule has 0 atom stereocenters. The molecule has 3 rings (SSSR count). The van der Waals surface area contributed by atoms with Crippen LogP contribution in [0, 0.1) is 0 Å². The van der Waals surface area contributed by atoms with E-state index in [2.05, 4.69) is 5.10 Å². The van der Waals surface area contributed by atoms with Crippen LogP contribution in [0.15, 0.2) is 29.1 Å². The van der Waals surface area contributed by atoms with Crippen molar-refractivity contribution in [2.75, 3.05) is 20.2 Å². The fourth-order valence-corrected chi connectivity index (χ4v) is 3.20. The normalized spacial score (nSPS) is 15.8. The SMILES string of the molecule is CCCn1nc(C(=O)N2CCC(OC)CC2)c2ccccc2c1=O. The molecular weight excluding hydrogens is 306 g/mol. The molecule has 2 heterocycles. The van der Waals surface area contributed by atoms with Crippen LogP contribution in [-0.4, -0.2) is 46.9 Å². The molecule has 1 aromatic heterocycles. The van der Waals surface area contributed by atoms with Gasteiger partial charge in [0.25, 0.3) is 11.5 Å². The van der Waals surface area contributed by atoms with Crippen LogP contribution in [0.4, 0.5) is 0 Å². The molecule has 6 nitrogen and oxygen atoms in total. The molecule has 2 aromatic rings. The maximum Gasteiger partial charge on any atom is 0.274 e. The van der Waals surface area contributed by atoms with Gasteiger partial charge in [-0.25, -0.2) is 4.68 Å². The largest absolute Gasteiger partial charge is 0.381 e. The van der Waals surface area contributed by atoms with Gasteiger partial charge in [0.15, 0.2) is 5.69 Å². The third kappa shape index (κ3) is 3.06. The summed E-state index contributed by atoms with van der Waals surface area (Å²) in [6.45, 7) is 3.80. The molecule has 1 aromatic carbocycles. The summed E-state index contributed by atoms with van der Waals surface area (Å²) in [5.74, 6) is -0.106. The molecule has 0 bridgehead atoms. The number of aryl methyl sites for hydroxylation is 1. The summed E-state index contributed by atoms with van der Waals surface area (Å²) < 4.78 is 6.78. The Morgan fingerprint density at radius 3 is 2.54 bits per heavy atom. The molecular formula is C18H23N3O3. The highest BCUT2D eigenvalue weighted by Crippen LogP contribution is 2.19. The van der Waals surface area contributed by atoms with Crippen molar-refractivity contribution in [2.24, 2.45) is 0 Å². The predicted molar refractivity (Wildman–Crippen MR) is 92.2 cm³/mol. The number of hydrogen-bond acceptors (Lipinski definition) is 4. The summed E-state index contributed by atoms with van der Waals surface area (Å²) in [7, 11) is 1.71. The van der Waals surface area contributed by atoms with Gasteiger partial charge in [0.05, 0.1) is 11.5 Å². The highest BCUT2D eigenvalue weighted by Gasteiger charge is 2.26. The van der Waals surface area contributed by atoms with Crippen LogP contribution in [0.2, 0.25) is 0 Å². The standard InChI is InChI=1S/C18H23N3O3/c1-3-10-21-17(22)15-7-5-4-6-14(15)16(19-21)18(23)20-11-8-13(24-2)9-12-20/h4-7,13H,3,8-12H2,1-2H3. The molecule has 0 spiro atoms. The molecule has 1 aliphatic heterocycles. The third-order valence-corrected chi connectivity index (χ3v) is 4.57. The van der Waals surface area contributed by atoms with E-state index in [4.69, 9.17) is 4.74 Å². The van der Waals surface area contributed by atoms with Gasteiger partial charge in [0.1, 0.15) is 0 Å². The maximum absolute atomic E-state index is 13.0. The Labute approximate surface area is 141 Å². The number of hydrogen-bond donors (Lipinski definition) is 0. The van der Waals surface area contributed by atoms with Crippen molar-refractivity contribution in [1.29, 1.82) is 0 Å². The van der Waals surface area contributed by atoms with Crippen LogP contribution in [0.3, 0.4) is 0 Å². The number of aromatic nitrogens is 2. The van der Waals surface area contributed by atoms with Crippen molar-refractivity contribution < 1.29 is 9.53 Å². The van der Waals surface area contributed by atoms with E-state index in [0.29, 0.717) is 36.1 Å². The average Bonchev–Trinajstić information content (AvgIpc) is 2.64. The number of amides is 1. The van der Waals surface area contributed by atoms with E-state index in [1.165, 1.54) is 4.68 Å². The number of benzene rings is 1. The van der Waals surface area contributed by atoms with Crippen molar-refractivity contribution in [3.05, 3.63) is 40.3 Å². The number of methoxy groups -OCH3 is 1. The molecule has 1 amide bonds. The minimum Gasteiger partial charge on any atom is -0.381 e. The second kappa shape index (κ2) is 7.13. The Balaban J connectivity index is 2.00. The quantitative estimate of drug-likeness (QED) is 0.861. The van der Waals surface area contributed by atoms with E-state index in [-0.39, 0.29) is 17.6 Å². The lowest BCUT2D eigenvalue weighted by atomic mass is 10.1. The molecule has 0 N–H and O–H groups in total. The molecule has 6 heteroatoms. The molecule has 24 heavy (non-hydrogen) atoms. The lowest BCUT2D eigenvalue weighted by Gasteiger charge is -2.31. The second-order valence-electron chi connectivity index (χ2n) is 6.15. The molecule has 1 saturated heterocycles. The first kappa shape index (κ1) is 16.6. The second-order valence-corrected chi connectivity index (χ2v) is 6.15. The molecule has 0 unspecified atom stereocenters. The van der Waals surface area contributed by atoms with E-state index in [1.54, 1.807) is 19.2 Å². The fourth-order valence-electron chi connectivity index (χ4n) is 3.20. The molecule has 1 aliphatic rings. The van der Waals surface area contributed by atoms with Gasteiger partial charge in [-0.2, -0.15) is 5.10 Å². The lowest BCUT2D eigenvalue weighted by Crippen LogP contribution is -2.41. The highest BCUT2D eigenvalue weighted by atomic mass is 16.5. The first-order chi connectivity index (χ1) is 11.7. The van der Waals surface area contributed by atoms with Gasteiger partial charge >= 0.3 is 0 Å². The smallest absolute Gasteiger partial charge is 0.274 e. The Bertz CT molecular complexity index is 792. The van der Waals surface area contributed by atoms with Crippen molar-refractivity contribution in [3.63, 3.8) is 0 Å². The number of likely N-dealkylation sites (tertiary alicyclic amines) is 1. The Hall–Kier alpha value is -2.21. The maximum atomic E-state index is 13.0. The summed E-state index contributed by atoms with van der Waals surface area (Å²) in [5, 5.41) is 5.57. The summed E-state index contributed by atoms with van der Waals surface area (Å²) in [4.78, 5) is 27.3. The monoisotopic (exact) mass is 329 g/mol. The number of piperidine rings is 1. The summed E-state index contributed by atoms with van der Waals surface area (Å²) in [6, 6.07) is 7.22. The van der Waals surface area contributed by atoms with Gasteiger partial charge in [-0.1, -0.05) is 25.1 Å². The molecule has 0 radical (unpaired) electrons. The highest BCUT2D eigenvalue weighted by molar-refractivity contribution is 6.04. The van der Waals surface area contributed by atoms with Crippen molar-refractivity contribution in [1.82, 2.24) is 14.7 Å². The summed E-state index contributed by atoms with van der Waals surface area (Å²) >= 11 is 0. The van der Waals surface area contributed by atoms with Gasteiger partial charge in [-0.05, 0) is 25.3 Å². The first-order valence-electron chi connectivity index (χ1n) is 8.47. The van der Waals surface area contributed by atoms with Crippen LogP contribution in [0.5, 0.6) is 0 Å². The predicted octanol–water partition coefficient (Wildman–Crippen LogP) is 2.06. The van der Waals surface area contributed by atoms with Crippen LogP contribution >= 0.6 is 0 Å². The van der Waals surface area contributed by atoms with Crippen molar-refractivity contribution in [2.45, 2.75) is 38.8 Å². The Morgan fingerprint density at radius 2 is 1.92 bits per heavy atom. The number of carbonyl (C=O) groups excluding carboxylic acids is 1. The van der Waals surface area contributed by atoms with Crippen LogP contribution in [0.1, 0.15) is 36.7 Å². The molecule has 1 fully saturated rings. The topological polar surface area (TPSA) is 64.4 Å². The van der Waals surface area contributed by atoms with Gasteiger partial charge < -0.3 is 9.64 Å². The minimum atomic E-state index is -0.137. The van der Waals surface area contributed by atoms with Crippen LogP contribution in [-0.2, 0) is 11.3 Å². The Morgan fingerprint density at radius 1 is 1.25 bits per heavy atom. The fraction of sp³-hybridized carbons (Fsp3) is 0.500. The van der Waals surface area contributed by atoms with Crippen LogP contribution < -0.4 is 5.56 Å². The minimum absolute atomic E-state index is 0.106. The average molecular weight is 329 g/mol. The third-order valence-electron chi connectivity index (χ3n) is 4.57. The van der Waals surface area contributed by atoms with Crippen molar-refractivity contribution in [3.8, 4) is 0 Å². The van der Waals surface area contributed by atoms with Gasteiger partial charge in [0.2, 0.25) is 0 Å². The van der Waals surface area contributed by atoms with E-state index in [9.17, 15) is 9.59 Å². The zero-order valence-electron chi connectivity index (χ0n) is 14.2. The zero-order valence-corrected chi connectivity index (χ0v) is 14.2. The lowest BCUT2D eigenvalue weighted by molar-refractivity contribution is 0.0347. The van der Waals surface area contributed by atoms with Gasteiger partial charge in [0, 0.05) is 32.1 Å². The van der Waals surface area contributed by atoms with Crippen LogP contribution in [0.25, 0.3) is 10.8 Å². The van der Waals surface area contributed by atoms with E-state index >= 15 is 0 Å². The summed E-state index contributed by atoms with van der Waals surface area (Å²) in [6.07, 6.45) is 2.66. The van der Waals surface area contributed by atoms with Crippen molar-refractivity contribution >= 4 is 16.7 Å².